The fourth-order valence-electron chi connectivity index (χ4n) is 3.00. The largest absolute Gasteiger partial charge is 0.478 e. The quantitative estimate of drug-likeness (QED) is 0.878. The molecule has 0 amide bonds. The smallest absolute Gasteiger partial charge is 0.337 e. The Morgan fingerprint density at radius 1 is 1.04 bits per heavy atom. The summed E-state index contributed by atoms with van der Waals surface area (Å²) in [5.74, 6) is -0.909. The van der Waals surface area contributed by atoms with Crippen molar-refractivity contribution in [1.29, 1.82) is 0 Å². The second-order valence-electron chi connectivity index (χ2n) is 6.19. The third-order valence-corrected chi connectivity index (χ3v) is 4.43. The predicted molar refractivity (Wildman–Crippen MR) is 98.4 cm³/mol. The molecule has 1 fully saturated rings. The normalized spacial score (nSPS) is 16.3. The van der Waals surface area contributed by atoms with E-state index in [4.69, 9.17) is 0 Å². The molecule has 130 valence electrons. The van der Waals surface area contributed by atoms with Crippen LogP contribution in [-0.2, 0) is 6.54 Å². The van der Waals surface area contributed by atoms with Gasteiger partial charge in [-0.15, -0.1) is 0 Å². The zero-order chi connectivity index (χ0) is 17.5. The molecule has 0 aliphatic carbocycles. The fraction of sp³-hybridized carbons (Fsp3) is 0.300. The van der Waals surface area contributed by atoms with E-state index in [0.717, 1.165) is 32.7 Å². The van der Waals surface area contributed by atoms with Crippen molar-refractivity contribution in [2.24, 2.45) is 0 Å². The predicted octanol–water partition coefficient (Wildman–Crippen LogP) is 2.61. The minimum absolute atomic E-state index is 0.302. The zero-order valence-electron chi connectivity index (χ0n) is 14.2. The average molecular weight is 337 g/mol. The Bertz CT molecular complexity index is 723. The van der Waals surface area contributed by atoms with Crippen LogP contribution in [-0.4, -0.2) is 58.6 Å². The summed E-state index contributed by atoms with van der Waals surface area (Å²) in [6, 6.07) is 13.6. The lowest BCUT2D eigenvalue weighted by atomic mass is 10.1. The van der Waals surface area contributed by atoms with Crippen LogP contribution in [0.1, 0.15) is 21.6 Å². The third kappa shape index (κ3) is 4.98. The van der Waals surface area contributed by atoms with Gasteiger partial charge in [0.15, 0.2) is 0 Å². The fourth-order valence-corrected chi connectivity index (χ4v) is 3.00. The molecule has 2 aromatic rings. The highest BCUT2D eigenvalue weighted by Gasteiger charge is 2.19. The number of carboxylic acid groups (broad SMARTS) is 1. The molecule has 0 unspecified atom stereocenters. The van der Waals surface area contributed by atoms with Crippen molar-refractivity contribution in [3.63, 3.8) is 0 Å². The third-order valence-electron chi connectivity index (χ3n) is 4.43. The van der Waals surface area contributed by atoms with Crippen molar-refractivity contribution in [3.05, 3.63) is 71.6 Å². The first-order valence-electron chi connectivity index (χ1n) is 8.56. The van der Waals surface area contributed by atoms with Crippen molar-refractivity contribution in [1.82, 2.24) is 14.8 Å². The van der Waals surface area contributed by atoms with Crippen LogP contribution in [0.15, 0.2) is 54.7 Å². The summed E-state index contributed by atoms with van der Waals surface area (Å²) in [7, 11) is 0. The minimum atomic E-state index is -0.909. The lowest BCUT2D eigenvalue weighted by Crippen LogP contribution is -2.46. The van der Waals surface area contributed by atoms with Gasteiger partial charge in [0, 0.05) is 45.5 Å². The molecular formula is C20H23N3O2. The highest BCUT2D eigenvalue weighted by atomic mass is 16.4. The molecule has 1 aliphatic rings. The first-order valence-corrected chi connectivity index (χ1v) is 8.56. The van der Waals surface area contributed by atoms with Crippen molar-refractivity contribution in [2.75, 3.05) is 32.7 Å². The van der Waals surface area contributed by atoms with Gasteiger partial charge in [-0.25, -0.2) is 4.79 Å². The molecule has 0 spiro atoms. The highest BCUT2D eigenvalue weighted by Crippen LogP contribution is 2.11. The number of carbonyl (C=O) groups is 1. The molecule has 0 saturated carbocycles. The monoisotopic (exact) mass is 337 g/mol. The van der Waals surface area contributed by atoms with Crippen molar-refractivity contribution in [3.8, 4) is 0 Å². The van der Waals surface area contributed by atoms with Gasteiger partial charge in [-0.1, -0.05) is 42.5 Å². The van der Waals surface area contributed by atoms with Crippen LogP contribution in [0.3, 0.4) is 0 Å². The van der Waals surface area contributed by atoms with Crippen molar-refractivity contribution < 1.29 is 9.90 Å². The van der Waals surface area contributed by atoms with E-state index in [1.807, 2.05) is 18.2 Å². The second kappa shape index (κ2) is 8.55. The molecule has 5 heteroatoms. The number of nitrogens with zero attached hydrogens (tertiary/aromatic N) is 3. The van der Waals surface area contributed by atoms with Gasteiger partial charge in [-0.3, -0.25) is 14.8 Å². The Morgan fingerprint density at radius 2 is 1.76 bits per heavy atom. The van der Waals surface area contributed by atoms with Gasteiger partial charge in [0.2, 0.25) is 0 Å². The molecule has 0 radical (unpaired) electrons. The summed E-state index contributed by atoms with van der Waals surface area (Å²) in [6.07, 6.45) is 6.01. The van der Waals surface area contributed by atoms with E-state index in [2.05, 4.69) is 39.1 Å². The Labute approximate surface area is 148 Å². The number of hydrogen-bond acceptors (Lipinski definition) is 4. The van der Waals surface area contributed by atoms with Crippen molar-refractivity contribution in [2.45, 2.75) is 6.54 Å². The van der Waals surface area contributed by atoms with Gasteiger partial charge in [0.1, 0.15) is 0 Å². The summed E-state index contributed by atoms with van der Waals surface area (Å²) in [5.41, 5.74) is 2.17. The molecule has 1 aromatic heterocycles. The highest BCUT2D eigenvalue weighted by molar-refractivity contribution is 5.88. The number of aromatic carboxylic acids is 1. The van der Waals surface area contributed by atoms with E-state index in [-0.39, 0.29) is 0 Å². The molecule has 5 nitrogen and oxygen atoms in total. The Balaban J connectivity index is 1.48. The Kier molecular flexibility index (Phi) is 5.93. The number of piperazine rings is 1. The maximum atomic E-state index is 11.3. The summed E-state index contributed by atoms with van der Waals surface area (Å²) in [5, 5.41) is 9.25. The SMILES string of the molecule is O=C(O)c1cccnc1CN1CCN(CC=Cc2ccccc2)CC1. The topological polar surface area (TPSA) is 56.7 Å². The Hall–Kier alpha value is -2.50. The second-order valence-corrected chi connectivity index (χ2v) is 6.19. The van der Waals surface area contributed by atoms with Crippen LogP contribution in [0.5, 0.6) is 0 Å². The molecule has 3 rings (SSSR count). The molecule has 1 saturated heterocycles. The van der Waals surface area contributed by atoms with E-state index >= 15 is 0 Å². The van der Waals surface area contributed by atoms with E-state index in [1.54, 1.807) is 18.3 Å². The lowest BCUT2D eigenvalue weighted by Gasteiger charge is -2.34. The van der Waals surface area contributed by atoms with Crippen LogP contribution in [0.25, 0.3) is 6.08 Å². The molecule has 1 aliphatic heterocycles. The van der Waals surface area contributed by atoms with E-state index < -0.39 is 5.97 Å². The molecule has 0 bridgehead atoms. The van der Waals surface area contributed by atoms with Gasteiger partial charge in [-0.2, -0.15) is 0 Å². The maximum absolute atomic E-state index is 11.3. The molecule has 1 N–H and O–H groups in total. The van der Waals surface area contributed by atoms with Crippen LogP contribution in [0.4, 0.5) is 0 Å². The van der Waals surface area contributed by atoms with Crippen molar-refractivity contribution >= 4 is 12.0 Å². The van der Waals surface area contributed by atoms with Gasteiger partial charge in [0.05, 0.1) is 11.3 Å². The summed E-state index contributed by atoms with van der Waals surface area (Å²) >= 11 is 0. The summed E-state index contributed by atoms with van der Waals surface area (Å²) < 4.78 is 0. The average Bonchev–Trinajstić information content (AvgIpc) is 2.64. The lowest BCUT2D eigenvalue weighted by molar-refractivity contribution is 0.0692. The van der Waals surface area contributed by atoms with Gasteiger partial charge >= 0.3 is 5.97 Å². The first-order chi connectivity index (χ1) is 12.2. The van der Waals surface area contributed by atoms with Crippen LogP contribution in [0, 0.1) is 0 Å². The summed E-state index contributed by atoms with van der Waals surface area (Å²) in [6.45, 7) is 5.34. The zero-order valence-corrected chi connectivity index (χ0v) is 14.2. The molecule has 0 atom stereocenters. The summed E-state index contributed by atoms with van der Waals surface area (Å²) in [4.78, 5) is 20.2. The number of carboxylic acids is 1. The van der Waals surface area contributed by atoms with Gasteiger partial charge in [0.25, 0.3) is 0 Å². The molecule has 25 heavy (non-hydrogen) atoms. The van der Waals surface area contributed by atoms with Gasteiger partial charge in [-0.05, 0) is 17.7 Å². The van der Waals surface area contributed by atoms with Crippen LogP contribution in [0.2, 0.25) is 0 Å². The minimum Gasteiger partial charge on any atom is -0.478 e. The standard InChI is InChI=1S/C20H23N3O2/c24-20(25)18-9-4-10-21-19(18)16-23-14-12-22(13-15-23)11-5-8-17-6-2-1-3-7-17/h1-10H,11-16H2,(H,24,25). The molecule has 1 aromatic carbocycles. The van der Waals surface area contributed by atoms with Gasteiger partial charge < -0.3 is 5.11 Å². The Morgan fingerprint density at radius 3 is 2.48 bits per heavy atom. The number of hydrogen-bond donors (Lipinski definition) is 1. The number of aromatic nitrogens is 1. The van der Waals surface area contributed by atoms with E-state index in [9.17, 15) is 9.90 Å². The van der Waals surface area contributed by atoms with Crippen LogP contribution >= 0.6 is 0 Å². The first kappa shape index (κ1) is 17.3. The number of rotatable bonds is 6. The van der Waals surface area contributed by atoms with E-state index in [0.29, 0.717) is 17.8 Å². The van der Waals surface area contributed by atoms with Crippen LogP contribution < -0.4 is 0 Å². The number of pyridine rings is 1. The van der Waals surface area contributed by atoms with E-state index in [1.165, 1.54) is 5.56 Å². The molecular weight excluding hydrogens is 314 g/mol. The number of benzene rings is 1. The maximum Gasteiger partial charge on any atom is 0.337 e. The molecule has 2 heterocycles.